The predicted molar refractivity (Wildman–Crippen MR) is 106 cm³/mol. The molecule has 1 atom stereocenters. The summed E-state index contributed by atoms with van der Waals surface area (Å²) in [5, 5.41) is 8.98. The number of rotatable bonds is 5. The van der Waals surface area contributed by atoms with Gasteiger partial charge in [0, 0.05) is 36.7 Å². The van der Waals surface area contributed by atoms with Gasteiger partial charge in [0.1, 0.15) is 5.82 Å². The lowest BCUT2D eigenvalue weighted by Gasteiger charge is -2.20. The summed E-state index contributed by atoms with van der Waals surface area (Å²) in [6, 6.07) is 9.85. The molecule has 0 N–H and O–H groups in total. The van der Waals surface area contributed by atoms with Crippen LogP contribution in [0.3, 0.4) is 0 Å². The number of nitrogens with zero attached hydrogens (tertiary/aromatic N) is 5. The average Bonchev–Trinajstić information content (AvgIpc) is 3.39. The fourth-order valence-electron chi connectivity index (χ4n) is 3.26. The largest absolute Gasteiger partial charge is 0.342 e. The Kier molecular flexibility index (Phi) is 5.38. The van der Waals surface area contributed by atoms with Gasteiger partial charge in [0.25, 0.3) is 0 Å². The molecule has 2 aromatic heterocycles. The Morgan fingerprint density at radius 1 is 1.07 bits per heavy atom. The zero-order chi connectivity index (χ0) is 19.5. The van der Waals surface area contributed by atoms with Gasteiger partial charge in [0.05, 0.1) is 5.25 Å². The molecule has 6 nitrogen and oxygen atoms in total. The number of likely N-dealkylation sites (tertiary alicyclic amines) is 1. The Balaban J connectivity index is 1.69. The van der Waals surface area contributed by atoms with Crippen LogP contribution in [0, 0.1) is 5.82 Å². The number of halogens is 1. The Morgan fingerprint density at radius 3 is 2.43 bits per heavy atom. The van der Waals surface area contributed by atoms with Crippen LogP contribution in [-0.2, 0) is 4.79 Å². The topological polar surface area (TPSA) is 63.9 Å². The summed E-state index contributed by atoms with van der Waals surface area (Å²) in [4.78, 5) is 18.7. The van der Waals surface area contributed by atoms with Gasteiger partial charge in [-0.05, 0) is 56.2 Å². The molecular weight excluding hydrogens is 377 g/mol. The van der Waals surface area contributed by atoms with E-state index in [4.69, 9.17) is 0 Å². The highest BCUT2D eigenvalue weighted by atomic mass is 32.2. The minimum absolute atomic E-state index is 0.113. The molecule has 144 valence electrons. The van der Waals surface area contributed by atoms with Crippen LogP contribution in [0.5, 0.6) is 0 Å². The second kappa shape index (κ2) is 8.10. The number of amides is 1. The van der Waals surface area contributed by atoms with Crippen LogP contribution >= 0.6 is 11.8 Å². The van der Waals surface area contributed by atoms with E-state index in [0.717, 1.165) is 37.2 Å². The minimum Gasteiger partial charge on any atom is -0.342 e. The standard InChI is InChI=1S/C20H20FN5OS/c1-14(19(27)25-12-2-3-13-25)28-20-24-23-18(15-8-10-22-11-9-15)26(20)17-6-4-16(21)5-7-17/h4-11,14H,2-3,12-13H2,1H3. The molecule has 0 saturated carbocycles. The molecule has 1 aromatic carbocycles. The van der Waals surface area contributed by atoms with Crippen LogP contribution in [0.2, 0.25) is 0 Å². The number of carbonyl (C=O) groups is 1. The van der Waals surface area contributed by atoms with Crippen molar-refractivity contribution in [1.82, 2.24) is 24.6 Å². The van der Waals surface area contributed by atoms with Crippen molar-refractivity contribution in [2.24, 2.45) is 0 Å². The van der Waals surface area contributed by atoms with Crippen molar-refractivity contribution < 1.29 is 9.18 Å². The van der Waals surface area contributed by atoms with Gasteiger partial charge in [0.2, 0.25) is 5.91 Å². The Morgan fingerprint density at radius 2 is 1.75 bits per heavy atom. The van der Waals surface area contributed by atoms with E-state index >= 15 is 0 Å². The van der Waals surface area contributed by atoms with E-state index in [1.165, 1.54) is 23.9 Å². The van der Waals surface area contributed by atoms with Crippen molar-refractivity contribution >= 4 is 17.7 Å². The van der Waals surface area contributed by atoms with E-state index in [9.17, 15) is 9.18 Å². The van der Waals surface area contributed by atoms with Crippen molar-refractivity contribution in [2.45, 2.75) is 30.2 Å². The molecule has 1 fully saturated rings. The molecular formula is C20H20FN5OS. The van der Waals surface area contributed by atoms with Crippen molar-refractivity contribution in [2.75, 3.05) is 13.1 Å². The number of pyridine rings is 1. The van der Waals surface area contributed by atoms with Gasteiger partial charge in [-0.1, -0.05) is 11.8 Å². The first-order chi connectivity index (χ1) is 13.6. The van der Waals surface area contributed by atoms with Gasteiger partial charge >= 0.3 is 0 Å². The smallest absolute Gasteiger partial charge is 0.235 e. The third kappa shape index (κ3) is 3.77. The van der Waals surface area contributed by atoms with Gasteiger partial charge in [0.15, 0.2) is 11.0 Å². The molecule has 1 unspecified atom stereocenters. The lowest BCUT2D eigenvalue weighted by atomic mass is 10.2. The van der Waals surface area contributed by atoms with E-state index < -0.39 is 0 Å². The van der Waals surface area contributed by atoms with Crippen LogP contribution < -0.4 is 0 Å². The maximum atomic E-state index is 13.4. The molecule has 4 rings (SSSR count). The SMILES string of the molecule is CC(Sc1nnc(-c2ccncc2)n1-c1ccc(F)cc1)C(=O)N1CCCC1. The van der Waals surface area contributed by atoms with Gasteiger partial charge in [-0.3, -0.25) is 14.3 Å². The summed E-state index contributed by atoms with van der Waals surface area (Å²) in [6.45, 7) is 3.52. The van der Waals surface area contributed by atoms with Crippen LogP contribution in [-0.4, -0.2) is 48.9 Å². The van der Waals surface area contributed by atoms with Gasteiger partial charge in [-0.2, -0.15) is 0 Å². The quantitative estimate of drug-likeness (QED) is 0.616. The lowest BCUT2D eigenvalue weighted by molar-refractivity contribution is -0.129. The second-order valence-electron chi connectivity index (χ2n) is 6.65. The normalized spacial score (nSPS) is 15.0. The highest BCUT2D eigenvalue weighted by Crippen LogP contribution is 2.31. The van der Waals surface area contributed by atoms with E-state index in [2.05, 4.69) is 15.2 Å². The zero-order valence-electron chi connectivity index (χ0n) is 15.5. The predicted octanol–water partition coefficient (Wildman–Crippen LogP) is 3.57. The molecule has 0 bridgehead atoms. The van der Waals surface area contributed by atoms with Crippen LogP contribution in [0.25, 0.3) is 17.1 Å². The molecule has 0 spiro atoms. The maximum absolute atomic E-state index is 13.4. The van der Waals surface area contributed by atoms with E-state index in [0.29, 0.717) is 11.0 Å². The summed E-state index contributed by atoms with van der Waals surface area (Å²) in [6.07, 6.45) is 5.48. The van der Waals surface area contributed by atoms with Crippen molar-refractivity contribution in [3.8, 4) is 17.1 Å². The first-order valence-corrected chi connectivity index (χ1v) is 10.1. The molecule has 0 aliphatic carbocycles. The first-order valence-electron chi connectivity index (χ1n) is 9.20. The van der Waals surface area contributed by atoms with Crippen LogP contribution in [0.1, 0.15) is 19.8 Å². The van der Waals surface area contributed by atoms with Gasteiger partial charge < -0.3 is 4.90 Å². The molecule has 3 aromatic rings. The van der Waals surface area contributed by atoms with E-state index in [1.807, 2.05) is 28.5 Å². The number of carbonyl (C=O) groups excluding carboxylic acids is 1. The molecule has 1 amide bonds. The van der Waals surface area contributed by atoms with E-state index in [-0.39, 0.29) is 17.0 Å². The molecule has 8 heteroatoms. The van der Waals surface area contributed by atoms with Crippen molar-refractivity contribution in [3.05, 3.63) is 54.6 Å². The molecule has 1 aliphatic heterocycles. The second-order valence-corrected chi connectivity index (χ2v) is 7.95. The Labute approximate surface area is 166 Å². The van der Waals surface area contributed by atoms with Crippen molar-refractivity contribution in [3.63, 3.8) is 0 Å². The third-order valence-corrected chi connectivity index (χ3v) is 5.73. The maximum Gasteiger partial charge on any atom is 0.235 e. The zero-order valence-corrected chi connectivity index (χ0v) is 16.3. The Bertz CT molecular complexity index is 954. The number of thioether (sulfide) groups is 1. The van der Waals surface area contributed by atoms with Gasteiger partial charge in [-0.25, -0.2) is 4.39 Å². The van der Waals surface area contributed by atoms with Crippen LogP contribution in [0.4, 0.5) is 4.39 Å². The highest BCUT2D eigenvalue weighted by molar-refractivity contribution is 8.00. The molecule has 1 aliphatic rings. The summed E-state index contributed by atoms with van der Waals surface area (Å²) in [7, 11) is 0. The monoisotopic (exact) mass is 397 g/mol. The summed E-state index contributed by atoms with van der Waals surface area (Å²) < 4.78 is 15.3. The minimum atomic E-state index is -0.311. The van der Waals surface area contributed by atoms with Gasteiger partial charge in [-0.15, -0.1) is 10.2 Å². The summed E-state index contributed by atoms with van der Waals surface area (Å²) >= 11 is 1.37. The Hall–Kier alpha value is -2.74. The third-order valence-electron chi connectivity index (χ3n) is 4.70. The lowest BCUT2D eigenvalue weighted by Crippen LogP contribution is -2.34. The molecule has 0 radical (unpaired) electrons. The van der Waals surface area contributed by atoms with Crippen molar-refractivity contribution in [1.29, 1.82) is 0 Å². The summed E-state index contributed by atoms with van der Waals surface area (Å²) in [5.41, 5.74) is 1.58. The number of hydrogen-bond donors (Lipinski definition) is 0. The van der Waals surface area contributed by atoms with E-state index in [1.54, 1.807) is 24.5 Å². The van der Waals surface area contributed by atoms with Crippen LogP contribution in [0.15, 0.2) is 53.9 Å². The molecule has 1 saturated heterocycles. The fourth-order valence-corrected chi connectivity index (χ4v) is 4.21. The summed E-state index contributed by atoms with van der Waals surface area (Å²) in [5.74, 6) is 0.424. The molecule has 3 heterocycles. The number of benzene rings is 1. The fraction of sp³-hybridized carbons (Fsp3) is 0.300. The molecule has 28 heavy (non-hydrogen) atoms. The number of aromatic nitrogens is 4. The average molecular weight is 397 g/mol. The number of hydrogen-bond acceptors (Lipinski definition) is 5. The first kappa shape index (κ1) is 18.6. The highest BCUT2D eigenvalue weighted by Gasteiger charge is 2.26.